The largest absolute Gasteiger partial charge is 0.278 e. The molecule has 6 nitrogen and oxygen atoms in total. The number of nitro benzene ring substituents is 1. The molecule has 0 spiro atoms. The Balaban J connectivity index is 1.79. The van der Waals surface area contributed by atoms with Crippen LogP contribution in [0.5, 0.6) is 0 Å². The second-order valence-corrected chi connectivity index (χ2v) is 5.57. The Bertz CT molecular complexity index is 705. The number of rotatable bonds is 7. The third kappa shape index (κ3) is 5.55. The number of nitrogens with zero attached hydrogens (tertiary/aromatic N) is 2. The monoisotopic (exact) mass is 329 g/mol. The quantitative estimate of drug-likeness (QED) is 0.481. The van der Waals surface area contributed by atoms with E-state index in [1.54, 1.807) is 18.2 Å². The maximum absolute atomic E-state index is 11.7. The van der Waals surface area contributed by atoms with Crippen LogP contribution in [0.15, 0.2) is 59.7 Å². The first kappa shape index (κ1) is 16.7. The lowest BCUT2D eigenvalue weighted by atomic mass is 10.2. The molecule has 1 amide bonds. The number of para-hydroxylation sites is 1. The third-order valence-electron chi connectivity index (χ3n) is 2.87. The minimum absolute atomic E-state index is 0.0519. The van der Waals surface area contributed by atoms with Gasteiger partial charge in [-0.1, -0.05) is 42.5 Å². The summed E-state index contributed by atoms with van der Waals surface area (Å²) >= 11 is 1.47. The summed E-state index contributed by atoms with van der Waals surface area (Å²) in [5.41, 5.74) is 3.81. The van der Waals surface area contributed by atoms with Gasteiger partial charge in [0.1, 0.15) is 0 Å². The van der Waals surface area contributed by atoms with Crippen LogP contribution in [0.4, 0.5) is 5.69 Å². The maximum Gasteiger partial charge on any atom is 0.278 e. The Morgan fingerprint density at radius 1 is 1.17 bits per heavy atom. The Morgan fingerprint density at radius 2 is 1.87 bits per heavy atom. The van der Waals surface area contributed by atoms with Crippen LogP contribution < -0.4 is 5.43 Å². The lowest BCUT2D eigenvalue weighted by Crippen LogP contribution is -2.19. The second kappa shape index (κ2) is 8.70. The number of carbonyl (C=O) groups is 1. The van der Waals surface area contributed by atoms with Crippen molar-refractivity contribution < 1.29 is 9.72 Å². The highest BCUT2D eigenvalue weighted by Crippen LogP contribution is 2.15. The smallest absolute Gasteiger partial charge is 0.272 e. The molecule has 0 aliphatic carbocycles. The molecule has 23 heavy (non-hydrogen) atoms. The van der Waals surface area contributed by atoms with Crippen LogP contribution in [0.1, 0.15) is 11.1 Å². The number of nitrogens with one attached hydrogen (secondary N) is 1. The fourth-order valence-corrected chi connectivity index (χ4v) is 2.59. The molecular weight excluding hydrogens is 314 g/mol. The number of benzene rings is 2. The third-order valence-corrected chi connectivity index (χ3v) is 3.87. The summed E-state index contributed by atoms with van der Waals surface area (Å²) < 4.78 is 0. The molecule has 0 saturated carbocycles. The van der Waals surface area contributed by atoms with Crippen LogP contribution in [0.3, 0.4) is 0 Å². The molecule has 2 rings (SSSR count). The molecule has 0 radical (unpaired) electrons. The van der Waals surface area contributed by atoms with Crippen molar-refractivity contribution in [2.24, 2.45) is 5.10 Å². The topological polar surface area (TPSA) is 84.6 Å². The van der Waals surface area contributed by atoms with Crippen molar-refractivity contribution in [3.63, 3.8) is 0 Å². The van der Waals surface area contributed by atoms with Crippen LogP contribution in [0.2, 0.25) is 0 Å². The molecule has 0 fully saturated rings. The van der Waals surface area contributed by atoms with Crippen molar-refractivity contribution in [2.45, 2.75) is 5.75 Å². The van der Waals surface area contributed by atoms with E-state index in [1.165, 1.54) is 24.0 Å². The molecule has 1 N–H and O–H groups in total. The summed E-state index contributed by atoms with van der Waals surface area (Å²) in [7, 11) is 0. The lowest BCUT2D eigenvalue weighted by molar-refractivity contribution is -0.385. The SMILES string of the molecule is O=C(CSCc1ccccc1)N/N=C\c1ccccc1[N+](=O)[O-]. The molecule has 0 bridgehead atoms. The standard InChI is InChI=1S/C16H15N3O3S/c20-16(12-23-11-13-6-2-1-3-7-13)18-17-10-14-8-4-5-9-15(14)19(21)22/h1-10H,11-12H2,(H,18,20)/b17-10-. The number of hydrogen-bond donors (Lipinski definition) is 1. The Kier molecular flexibility index (Phi) is 6.31. The van der Waals surface area contributed by atoms with E-state index in [-0.39, 0.29) is 17.3 Å². The van der Waals surface area contributed by atoms with Gasteiger partial charge in [0.25, 0.3) is 5.69 Å². The van der Waals surface area contributed by atoms with E-state index < -0.39 is 4.92 Å². The van der Waals surface area contributed by atoms with E-state index >= 15 is 0 Å². The summed E-state index contributed by atoms with van der Waals surface area (Å²) in [4.78, 5) is 22.0. The van der Waals surface area contributed by atoms with Gasteiger partial charge in [-0.3, -0.25) is 14.9 Å². The molecule has 0 atom stereocenters. The predicted molar refractivity (Wildman–Crippen MR) is 91.4 cm³/mol. The summed E-state index contributed by atoms with van der Waals surface area (Å²) in [5.74, 6) is 0.756. The zero-order chi connectivity index (χ0) is 16.5. The van der Waals surface area contributed by atoms with E-state index in [0.29, 0.717) is 5.56 Å². The van der Waals surface area contributed by atoms with Crippen LogP contribution in [0.25, 0.3) is 0 Å². The van der Waals surface area contributed by atoms with Crippen LogP contribution >= 0.6 is 11.8 Å². The molecule has 7 heteroatoms. The number of hydrogen-bond acceptors (Lipinski definition) is 5. The van der Waals surface area contributed by atoms with Gasteiger partial charge in [-0.2, -0.15) is 5.10 Å². The van der Waals surface area contributed by atoms with Crippen molar-refractivity contribution in [1.29, 1.82) is 0 Å². The van der Waals surface area contributed by atoms with Gasteiger partial charge >= 0.3 is 0 Å². The summed E-state index contributed by atoms with van der Waals surface area (Å²) in [6.45, 7) is 0. The van der Waals surface area contributed by atoms with E-state index in [1.807, 2.05) is 30.3 Å². The highest BCUT2D eigenvalue weighted by Gasteiger charge is 2.10. The zero-order valence-corrected chi connectivity index (χ0v) is 13.0. The van der Waals surface area contributed by atoms with Gasteiger partial charge in [-0.15, -0.1) is 11.8 Å². The molecule has 0 aliphatic rings. The highest BCUT2D eigenvalue weighted by molar-refractivity contribution is 7.99. The predicted octanol–water partition coefficient (Wildman–Crippen LogP) is 2.98. The molecule has 118 valence electrons. The average molecular weight is 329 g/mol. The minimum Gasteiger partial charge on any atom is -0.272 e. The van der Waals surface area contributed by atoms with Crippen LogP contribution in [-0.4, -0.2) is 22.8 Å². The van der Waals surface area contributed by atoms with Crippen LogP contribution in [0, 0.1) is 10.1 Å². The van der Waals surface area contributed by atoms with Crippen molar-refractivity contribution in [3.05, 3.63) is 75.8 Å². The van der Waals surface area contributed by atoms with E-state index in [4.69, 9.17) is 0 Å². The van der Waals surface area contributed by atoms with Gasteiger partial charge in [0.2, 0.25) is 5.91 Å². The van der Waals surface area contributed by atoms with Gasteiger partial charge in [-0.05, 0) is 11.6 Å². The van der Waals surface area contributed by atoms with Crippen LogP contribution in [-0.2, 0) is 10.5 Å². The maximum atomic E-state index is 11.7. The van der Waals surface area contributed by atoms with Crippen molar-refractivity contribution >= 4 is 29.6 Å². The number of amides is 1. The lowest BCUT2D eigenvalue weighted by Gasteiger charge is -2.01. The van der Waals surface area contributed by atoms with E-state index in [2.05, 4.69) is 10.5 Å². The van der Waals surface area contributed by atoms with Crippen molar-refractivity contribution in [1.82, 2.24) is 5.43 Å². The highest BCUT2D eigenvalue weighted by atomic mass is 32.2. The molecule has 0 unspecified atom stereocenters. The molecule has 0 aliphatic heterocycles. The molecule has 2 aromatic carbocycles. The summed E-state index contributed by atoms with van der Waals surface area (Å²) in [6, 6.07) is 16.0. The molecule has 0 heterocycles. The number of carbonyl (C=O) groups excluding carboxylic acids is 1. The first-order valence-corrected chi connectivity index (χ1v) is 7.99. The normalized spacial score (nSPS) is 10.6. The van der Waals surface area contributed by atoms with Gasteiger partial charge in [0.05, 0.1) is 22.5 Å². The van der Waals surface area contributed by atoms with Gasteiger partial charge in [0, 0.05) is 11.8 Å². The van der Waals surface area contributed by atoms with Gasteiger partial charge in [0.15, 0.2) is 0 Å². The zero-order valence-electron chi connectivity index (χ0n) is 12.2. The Morgan fingerprint density at radius 3 is 2.61 bits per heavy atom. The second-order valence-electron chi connectivity index (χ2n) is 4.59. The fourth-order valence-electron chi connectivity index (χ4n) is 1.80. The summed E-state index contributed by atoms with van der Waals surface area (Å²) in [5, 5.41) is 14.6. The molecule has 0 saturated heterocycles. The van der Waals surface area contributed by atoms with Gasteiger partial charge < -0.3 is 0 Å². The van der Waals surface area contributed by atoms with Crippen molar-refractivity contribution in [3.8, 4) is 0 Å². The average Bonchev–Trinajstić information content (AvgIpc) is 2.56. The molecular formula is C16H15N3O3S. The Labute approximate surface area is 137 Å². The van der Waals surface area contributed by atoms with Crippen molar-refractivity contribution in [2.75, 3.05) is 5.75 Å². The summed E-state index contributed by atoms with van der Waals surface area (Å²) in [6.07, 6.45) is 1.28. The number of nitro groups is 1. The molecule has 2 aromatic rings. The van der Waals surface area contributed by atoms with Gasteiger partial charge in [-0.25, -0.2) is 5.43 Å². The number of thioether (sulfide) groups is 1. The van der Waals surface area contributed by atoms with E-state index in [0.717, 1.165) is 11.3 Å². The first-order chi connectivity index (χ1) is 11.2. The first-order valence-electron chi connectivity index (χ1n) is 6.84. The van der Waals surface area contributed by atoms with E-state index in [9.17, 15) is 14.9 Å². The minimum atomic E-state index is -0.487. The number of hydrazone groups is 1. The Hall–Kier alpha value is -2.67. The molecule has 0 aromatic heterocycles. The fraction of sp³-hybridized carbons (Fsp3) is 0.125.